The largest absolute Gasteiger partial charge is 0.858 e. The van der Waals surface area contributed by atoms with Gasteiger partial charge >= 0.3 is 11.3 Å². The van der Waals surface area contributed by atoms with Crippen molar-refractivity contribution in [1.82, 2.24) is 5.27 Å². The molecule has 0 fully saturated rings. The van der Waals surface area contributed by atoms with Crippen LogP contribution in [-0.2, 0) is 0 Å². The number of carbonyl (C=O) groups excluding carboxylic acids is 1. The quantitative estimate of drug-likeness (QED) is 0.421. The molecule has 0 radical (unpaired) electrons. The molecule has 8 nitrogen and oxygen atoms in total. The summed E-state index contributed by atoms with van der Waals surface area (Å²) in [5.74, 6) is -0.794. The average molecular weight is 363 g/mol. The number of aromatic nitrogens is 2. The van der Waals surface area contributed by atoms with E-state index in [0.29, 0.717) is 22.7 Å². The number of fused-ring (bicyclic) bond motifs is 1. The lowest BCUT2D eigenvalue weighted by Gasteiger charge is -2.06. The van der Waals surface area contributed by atoms with Crippen LogP contribution in [0.4, 0.5) is 5.69 Å². The number of rotatable bonds is 4. The summed E-state index contributed by atoms with van der Waals surface area (Å²) < 4.78 is 11.2. The number of aromatic amines is 1. The van der Waals surface area contributed by atoms with E-state index >= 15 is 0 Å². The molecule has 0 saturated heterocycles. The van der Waals surface area contributed by atoms with Gasteiger partial charge in [-0.2, -0.15) is 0 Å². The van der Waals surface area contributed by atoms with Gasteiger partial charge in [-0.3, -0.25) is 14.3 Å². The van der Waals surface area contributed by atoms with Gasteiger partial charge in [-0.05, 0) is 33.6 Å². The van der Waals surface area contributed by atoms with Gasteiger partial charge in [0.2, 0.25) is 0 Å². The molecular weight excluding hydrogens is 350 g/mol. The van der Waals surface area contributed by atoms with Gasteiger partial charge < -0.3 is 9.84 Å². The van der Waals surface area contributed by atoms with Crippen LogP contribution in [0.15, 0.2) is 68.9 Å². The lowest BCUT2D eigenvalue weighted by molar-refractivity contribution is -0.672. The summed E-state index contributed by atoms with van der Waals surface area (Å²) >= 11 is 0. The second kappa shape index (κ2) is 6.41. The third kappa shape index (κ3) is 2.73. The van der Waals surface area contributed by atoms with Crippen molar-refractivity contribution >= 4 is 22.9 Å². The number of nitrogens with one attached hydrogen (secondary N) is 1. The Kier molecular flexibility index (Phi) is 3.92. The zero-order valence-corrected chi connectivity index (χ0v) is 14.1. The molecule has 2 heterocycles. The van der Waals surface area contributed by atoms with Crippen molar-refractivity contribution in [3.8, 4) is 11.4 Å². The van der Waals surface area contributed by atoms with E-state index < -0.39 is 17.3 Å². The zero-order chi connectivity index (χ0) is 19.0. The van der Waals surface area contributed by atoms with Gasteiger partial charge in [0.1, 0.15) is 0 Å². The van der Waals surface area contributed by atoms with Gasteiger partial charge in [-0.1, -0.05) is 30.3 Å². The van der Waals surface area contributed by atoms with Gasteiger partial charge in [0.15, 0.2) is 5.75 Å². The highest BCUT2D eigenvalue weighted by Crippen LogP contribution is 2.32. The molecule has 1 aliphatic heterocycles. The molecule has 0 atom stereocenters. The van der Waals surface area contributed by atoms with E-state index in [0.717, 1.165) is 6.08 Å². The van der Waals surface area contributed by atoms with Gasteiger partial charge in [-0.15, -0.1) is 0 Å². The molecule has 0 amide bonds. The molecule has 1 aromatic heterocycles. The molecule has 27 heavy (non-hydrogen) atoms. The standard InChI is InChI=1S/C19H13N3O5/c1-26-16-9-5-4-8-14(16)22-17(19(25)27-21-22)15(23)10-12-11-6-2-3-7-13(11)20-18(12)24/h2-10H,1H3,(H-,20,21,23,24,25). The first-order valence-corrected chi connectivity index (χ1v) is 7.98. The summed E-state index contributed by atoms with van der Waals surface area (Å²) in [5.41, 5.74) is 0.417. The summed E-state index contributed by atoms with van der Waals surface area (Å²) in [7, 11) is 1.47. The summed E-state index contributed by atoms with van der Waals surface area (Å²) in [5, 5.41) is 14.5. The number of H-pyrrole nitrogens is 1. The third-order valence-corrected chi connectivity index (χ3v) is 4.13. The SMILES string of the molecule is COc1ccccc1-[n+]1[nH]oc(=O)c1C(=O)/C=C1/C([O-])=Nc2ccccc21. The molecule has 0 spiro atoms. The molecule has 3 aromatic rings. The van der Waals surface area contributed by atoms with Crippen molar-refractivity contribution < 1.29 is 23.8 Å². The summed E-state index contributed by atoms with van der Waals surface area (Å²) in [6.07, 6.45) is 1.10. The van der Waals surface area contributed by atoms with Crippen molar-refractivity contribution in [2.75, 3.05) is 7.11 Å². The van der Waals surface area contributed by atoms with Gasteiger partial charge in [0.05, 0.1) is 12.8 Å². The Labute approximate surface area is 152 Å². The number of ether oxygens (including phenoxy) is 1. The molecule has 8 heteroatoms. The molecule has 4 rings (SSSR count). The molecule has 0 bridgehead atoms. The number of ketones is 1. The van der Waals surface area contributed by atoms with Crippen molar-refractivity contribution in [2.45, 2.75) is 0 Å². The smallest absolute Gasteiger partial charge is 0.439 e. The maximum Gasteiger partial charge on any atom is 0.439 e. The normalized spacial score (nSPS) is 14.1. The first-order valence-electron chi connectivity index (χ1n) is 7.98. The van der Waals surface area contributed by atoms with Gasteiger partial charge in [0, 0.05) is 17.7 Å². The minimum absolute atomic E-state index is 0.128. The van der Waals surface area contributed by atoms with Crippen LogP contribution in [0.25, 0.3) is 11.3 Å². The maximum absolute atomic E-state index is 12.8. The summed E-state index contributed by atoms with van der Waals surface area (Å²) in [6, 6.07) is 13.7. The minimum Gasteiger partial charge on any atom is -0.858 e. The average Bonchev–Trinajstić information content (AvgIpc) is 3.21. The maximum atomic E-state index is 12.8. The van der Waals surface area contributed by atoms with E-state index in [9.17, 15) is 14.7 Å². The molecular formula is C19H13N3O5. The Balaban J connectivity index is 1.82. The molecule has 134 valence electrons. The lowest BCUT2D eigenvalue weighted by atomic mass is 10.0. The van der Waals surface area contributed by atoms with Crippen molar-refractivity contribution in [3.63, 3.8) is 0 Å². The number of methoxy groups -OCH3 is 1. The van der Waals surface area contributed by atoms with E-state index in [4.69, 9.17) is 9.26 Å². The van der Waals surface area contributed by atoms with Gasteiger partial charge in [-0.25, -0.2) is 4.79 Å². The van der Waals surface area contributed by atoms with Crippen molar-refractivity contribution in [2.24, 2.45) is 4.99 Å². The Morgan fingerprint density at radius 3 is 2.78 bits per heavy atom. The molecule has 0 unspecified atom stereocenters. The van der Waals surface area contributed by atoms with E-state index in [1.165, 1.54) is 11.8 Å². The highest BCUT2D eigenvalue weighted by atomic mass is 16.5. The Hall–Kier alpha value is -3.94. The Morgan fingerprint density at radius 2 is 1.96 bits per heavy atom. The summed E-state index contributed by atoms with van der Waals surface area (Å²) in [4.78, 5) is 28.9. The number of hydrogen-bond donors (Lipinski definition) is 1. The number of hydrogen-bond acceptors (Lipinski definition) is 6. The first-order chi connectivity index (χ1) is 13.1. The second-order valence-electron chi connectivity index (χ2n) is 5.69. The second-order valence-corrected chi connectivity index (χ2v) is 5.69. The predicted molar refractivity (Wildman–Crippen MR) is 93.3 cm³/mol. The number of benzene rings is 2. The van der Waals surface area contributed by atoms with Crippen LogP contribution in [0.3, 0.4) is 0 Å². The van der Waals surface area contributed by atoms with Crippen LogP contribution in [0.1, 0.15) is 16.1 Å². The molecule has 0 aliphatic carbocycles. The minimum atomic E-state index is -0.863. The van der Waals surface area contributed by atoms with Crippen LogP contribution in [0.2, 0.25) is 0 Å². The predicted octanol–water partition coefficient (Wildman–Crippen LogP) is 0.923. The lowest BCUT2D eigenvalue weighted by Crippen LogP contribution is -2.41. The number of aliphatic imine (C=N–C) groups is 1. The Bertz CT molecular complexity index is 1170. The number of carbonyl (C=O) groups is 1. The molecule has 1 aliphatic rings. The third-order valence-electron chi connectivity index (χ3n) is 4.13. The van der Waals surface area contributed by atoms with Crippen molar-refractivity contribution in [3.05, 3.63) is 76.3 Å². The molecule has 2 aromatic carbocycles. The number of allylic oxidation sites excluding steroid dienone is 1. The van der Waals surface area contributed by atoms with Crippen LogP contribution in [-0.4, -0.2) is 24.1 Å². The van der Waals surface area contributed by atoms with Gasteiger partial charge in [0.25, 0.3) is 11.5 Å². The molecule has 1 N–H and O–H groups in total. The number of nitrogens with zero attached hydrogens (tertiary/aromatic N) is 2. The highest BCUT2D eigenvalue weighted by Gasteiger charge is 2.32. The van der Waals surface area contributed by atoms with E-state index in [1.54, 1.807) is 48.5 Å². The fourth-order valence-corrected chi connectivity index (χ4v) is 2.89. The van der Waals surface area contributed by atoms with Crippen molar-refractivity contribution in [1.29, 1.82) is 0 Å². The van der Waals surface area contributed by atoms with Crippen LogP contribution >= 0.6 is 0 Å². The highest BCUT2D eigenvalue weighted by molar-refractivity contribution is 6.28. The van der Waals surface area contributed by atoms with E-state index in [-0.39, 0.29) is 11.3 Å². The topological polar surface area (TPSA) is 112 Å². The monoisotopic (exact) mass is 363 g/mol. The van der Waals surface area contributed by atoms with Crippen LogP contribution < -0.4 is 20.2 Å². The van der Waals surface area contributed by atoms with Crippen LogP contribution in [0.5, 0.6) is 5.75 Å². The van der Waals surface area contributed by atoms with E-state index in [2.05, 4.69) is 10.3 Å². The summed E-state index contributed by atoms with van der Waals surface area (Å²) in [6.45, 7) is 0. The number of para-hydroxylation sites is 3. The van der Waals surface area contributed by atoms with E-state index in [1.807, 2.05) is 0 Å². The molecule has 0 saturated carbocycles. The zero-order valence-electron chi connectivity index (χ0n) is 14.1. The fourth-order valence-electron chi connectivity index (χ4n) is 2.89. The first kappa shape index (κ1) is 16.5. The Morgan fingerprint density at radius 1 is 1.22 bits per heavy atom. The fraction of sp³-hybridized carbons (Fsp3) is 0.0526. The van der Waals surface area contributed by atoms with Crippen LogP contribution in [0, 0.1) is 0 Å².